The van der Waals surface area contributed by atoms with Crippen molar-refractivity contribution in [1.82, 2.24) is 10.2 Å². The van der Waals surface area contributed by atoms with E-state index in [4.69, 9.17) is 4.74 Å². The Bertz CT molecular complexity index is 535. The van der Waals surface area contributed by atoms with Crippen molar-refractivity contribution in [1.29, 1.82) is 0 Å². The van der Waals surface area contributed by atoms with E-state index in [9.17, 15) is 14.0 Å². The second kappa shape index (κ2) is 6.67. The average Bonchev–Trinajstić information content (AvgIpc) is 2.48. The van der Waals surface area contributed by atoms with Gasteiger partial charge in [-0.3, -0.25) is 9.59 Å². The van der Waals surface area contributed by atoms with E-state index in [1.165, 1.54) is 11.0 Å². The molecular weight excluding hydrogens is 275 g/mol. The minimum atomic E-state index is -0.906. The SMILES string of the molecule is CCCNC(=O)C1OCC(=O)N(C)C1c1ccccc1F. The van der Waals surface area contributed by atoms with Crippen LogP contribution in [0.5, 0.6) is 0 Å². The summed E-state index contributed by atoms with van der Waals surface area (Å²) in [5, 5.41) is 2.73. The van der Waals surface area contributed by atoms with E-state index in [0.29, 0.717) is 6.54 Å². The summed E-state index contributed by atoms with van der Waals surface area (Å²) in [5.74, 6) is -1.06. The third-order valence-corrected chi connectivity index (χ3v) is 3.52. The van der Waals surface area contributed by atoms with E-state index in [0.717, 1.165) is 6.42 Å². The first-order valence-electron chi connectivity index (χ1n) is 6.95. The minimum Gasteiger partial charge on any atom is -0.356 e. The molecule has 1 aromatic rings. The molecule has 1 aliphatic rings. The highest BCUT2D eigenvalue weighted by atomic mass is 19.1. The fourth-order valence-corrected chi connectivity index (χ4v) is 2.37. The maximum atomic E-state index is 14.0. The number of nitrogens with zero attached hydrogens (tertiary/aromatic N) is 1. The van der Waals surface area contributed by atoms with Gasteiger partial charge in [-0.2, -0.15) is 0 Å². The first-order valence-corrected chi connectivity index (χ1v) is 6.95. The van der Waals surface area contributed by atoms with Crippen LogP contribution in [-0.4, -0.2) is 43.0 Å². The van der Waals surface area contributed by atoms with Gasteiger partial charge in [-0.05, 0) is 12.5 Å². The lowest BCUT2D eigenvalue weighted by Gasteiger charge is -2.38. The van der Waals surface area contributed by atoms with Crippen LogP contribution in [0.25, 0.3) is 0 Å². The maximum absolute atomic E-state index is 14.0. The van der Waals surface area contributed by atoms with Crippen LogP contribution in [0.3, 0.4) is 0 Å². The van der Waals surface area contributed by atoms with Crippen LogP contribution in [0.2, 0.25) is 0 Å². The maximum Gasteiger partial charge on any atom is 0.251 e. The van der Waals surface area contributed by atoms with Gasteiger partial charge in [-0.15, -0.1) is 0 Å². The van der Waals surface area contributed by atoms with Crippen LogP contribution < -0.4 is 5.32 Å². The molecule has 0 aliphatic carbocycles. The molecule has 1 saturated heterocycles. The van der Waals surface area contributed by atoms with Crippen molar-refractivity contribution >= 4 is 11.8 Å². The molecule has 0 radical (unpaired) electrons. The standard InChI is InChI=1S/C15H19FN2O3/c1-3-8-17-15(20)14-13(18(2)12(19)9-21-14)10-6-4-5-7-11(10)16/h4-7,13-14H,3,8-9H2,1-2H3,(H,17,20). The summed E-state index contributed by atoms with van der Waals surface area (Å²) in [6.07, 6.45) is -0.117. The van der Waals surface area contributed by atoms with E-state index in [1.54, 1.807) is 25.2 Å². The Labute approximate surface area is 123 Å². The van der Waals surface area contributed by atoms with Gasteiger partial charge in [-0.25, -0.2) is 4.39 Å². The number of rotatable bonds is 4. The predicted molar refractivity (Wildman–Crippen MR) is 75.0 cm³/mol. The number of carbonyl (C=O) groups is 2. The molecule has 2 rings (SSSR count). The largest absolute Gasteiger partial charge is 0.356 e. The lowest BCUT2D eigenvalue weighted by molar-refractivity contribution is -0.162. The Morgan fingerprint density at radius 2 is 2.19 bits per heavy atom. The number of likely N-dealkylation sites (N-methyl/N-ethyl adjacent to an activating group) is 1. The molecule has 1 heterocycles. The molecule has 1 aromatic carbocycles. The lowest BCUT2D eigenvalue weighted by Crippen LogP contribution is -2.53. The van der Waals surface area contributed by atoms with Crippen LogP contribution in [-0.2, 0) is 14.3 Å². The Kier molecular flexibility index (Phi) is 4.90. The first-order chi connectivity index (χ1) is 10.1. The molecule has 2 amide bonds. The highest BCUT2D eigenvalue weighted by molar-refractivity contribution is 5.86. The zero-order chi connectivity index (χ0) is 15.4. The van der Waals surface area contributed by atoms with Crippen LogP contribution in [0.4, 0.5) is 4.39 Å². The van der Waals surface area contributed by atoms with Crippen LogP contribution >= 0.6 is 0 Å². The summed E-state index contributed by atoms with van der Waals surface area (Å²) in [6.45, 7) is 2.28. The van der Waals surface area contributed by atoms with Gasteiger partial charge in [-0.1, -0.05) is 25.1 Å². The van der Waals surface area contributed by atoms with Crippen molar-refractivity contribution in [2.75, 3.05) is 20.2 Å². The molecule has 6 heteroatoms. The summed E-state index contributed by atoms with van der Waals surface area (Å²) >= 11 is 0. The molecule has 21 heavy (non-hydrogen) atoms. The molecular formula is C15H19FN2O3. The number of ether oxygens (including phenoxy) is 1. The molecule has 0 spiro atoms. The fraction of sp³-hybridized carbons (Fsp3) is 0.467. The fourth-order valence-electron chi connectivity index (χ4n) is 2.37. The number of hydrogen-bond acceptors (Lipinski definition) is 3. The summed E-state index contributed by atoms with van der Waals surface area (Å²) in [5.41, 5.74) is 0.282. The van der Waals surface area contributed by atoms with Crippen molar-refractivity contribution in [3.63, 3.8) is 0 Å². The third-order valence-electron chi connectivity index (χ3n) is 3.52. The first kappa shape index (κ1) is 15.4. The molecule has 0 saturated carbocycles. The number of hydrogen-bond donors (Lipinski definition) is 1. The van der Waals surface area contributed by atoms with E-state index in [2.05, 4.69) is 5.32 Å². The second-order valence-electron chi connectivity index (χ2n) is 4.99. The Balaban J connectivity index is 2.32. The molecule has 1 aliphatic heterocycles. The number of amides is 2. The Hall–Kier alpha value is -1.95. The van der Waals surface area contributed by atoms with E-state index >= 15 is 0 Å². The number of carbonyl (C=O) groups excluding carboxylic acids is 2. The average molecular weight is 294 g/mol. The molecule has 1 fully saturated rings. The molecule has 0 aromatic heterocycles. The topological polar surface area (TPSA) is 58.6 Å². The Morgan fingerprint density at radius 1 is 1.48 bits per heavy atom. The molecule has 5 nitrogen and oxygen atoms in total. The van der Waals surface area contributed by atoms with Crippen molar-refractivity contribution in [2.24, 2.45) is 0 Å². The van der Waals surface area contributed by atoms with Gasteiger partial charge in [0.05, 0.1) is 6.04 Å². The van der Waals surface area contributed by atoms with Crippen LogP contribution in [0.1, 0.15) is 24.9 Å². The summed E-state index contributed by atoms with van der Waals surface area (Å²) < 4.78 is 19.4. The quantitative estimate of drug-likeness (QED) is 0.909. The lowest BCUT2D eigenvalue weighted by atomic mass is 9.97. The van der Waals surface area contributed by atoms with Gasteiger partial charge in [0, 0.05) is 19.2 Å². The number of morpholine rings is 1. The smallest absolute Gasteiger partial charge is 0.251 e. The van der Waals surface area contributed by atoms with Gasteiger partial charge >= 0.3 is 0 Å². The van der Waals surface area contributed by atoms with Crippen molar-refractivity contribution in [3.8, 4) is 0 Å². The van der Waals surface area contributed by atoms with Gasteiger partial charge in [0.25, 0.3) is 5.91 Å². The van der Waals surface area contributed by atoms with Crippen LogP contribution in [0.15, 0.2) is 24.3 Å². The predicted octanol–water partition coefficient (Wildman–Crippen LogP) is 1.25. The zero-order valence-corrected chi connectivity index (χ0v) is 12.1. The summed E-state index contributed by atoms with van der Waals surface area (Å²) in [6, 6.07) is 5.36. The van der Waals surface area contributed by atoms with E-state index < -0.39 is 18.0 Å². The molecule has 0 bridgehead atoms. The number of benzene rings is 1. The number of halogens is 1. The Morgan fingerprint density at radius 3 is 2.86 bits per heavy atom. The molecule has 114 valence electrons. The minimum absolute atomic E-state index is 0.175. The van der Waals surface area contributed by atoms with Gasteiger partial charge in [0.2, 0.25) is 5.91 Å². The molecule has 2 atom stereocenters. The third kappa shape index (κ3) is 3.21. The van der Waals surface area contributed by atoms with Crippen molar-refractivity contribution in [2.45, 2.75) is 25.5 Å². The summed E-state index contributed by atoms with van der Waals surface area (Å²) in [4.78, 5) is 25.4. The molecule has 1 N–H and O–H groups in total. The van der Waals surface area contributed by atoms with Gasteiger partial charge in [0.15, 0.2) is 6.10 Å². The zero-order valence-electron chi connectivity index (χ0n) is 12.1. The summed E-state index contributed by atoms with van der Waals surface area (Å²) in [7, 11) is 1.56. The highest BCUT2D eigenvalue weighted by Crippen LogP contribution is 2.30. The monoisotopic (exact) mass is 294 g/mol. The number of nitrogens with one attached hydrogen (secondary N) is 1. The van der Waals surface area contributed by atoms with E-state index in [1.807, 2.05) is 6.92 Å². The highest BCUT2D eigenvalue weighted by Gasteiger charge is 2.40. The van der Waals surface area contributed by atoms with Crippen molar-refractivity contribution < 1.29 is 18.7 Å². The second-order valence-corrected chi connectivity index (χ2v) is 4.99. The molecule has 2 unspecified atom stereocenters. The van der Waals surface area contributed by atoms with Crippen LogP contribution in [0, 0.1) is 5.82 Å². The van der Waals surface area contributed by atoms with E-state index in [-0.39, 0.29) is 24.0 Å². The van der Waals surface area contributed by atoms with Gasteiger partial charge in [0.1, 0.15) is 12.4 Å². The van der Waals surface area contributed by atoms with Gasteiger partial charge < -0.3 is 15.0 Å². The normalized spacial score (nSPS) is 22.2. The van der Waals surface area contributed by atoms with Crippen molar-refractivity contribution in [3.05, 3.63) is 35.6 Å².